The van der Waals surface area contributed by atoms with Gasteiger partial charge < -0.3 is 14.8 Å². The van der Waals surface area contributed by atoms with Crippen molar-refractivity contribution in [1.82, 2.24) is 24.7 Å². The number of phenols is 1. The summed E-state index contributed by atoms with van der Waals surface area (Å²) in [5.74, 6) is 0.307. The summed E-state index contributed by atoms with van der Waals surface area (Å²) in [6, 6.07) is 13.8. The second-order valence-electron chi connectivity index (χ2n) is 7.05. The number of anilines is 1. The molecule has 1 amide bonds. The van der Waals surface area contributed by atoms with E-state index in [1.54, 1.807) is 28.8 Å². The van der Waals surface area contributed by atoms with Gasteiger partial charge in [-0.3, -0.25) is 9.36 Å². The Morgan fingerprint density at radius 1 is 1.06 bits per heavy atom. The standard InChI is InChI=1S/C22H15BrN6O3/c1-12-2-6-18-16(8-12)27-22(32-18)14-9-13(3-5-17(14)30)26-21(31)20-15(23)4-7-19(28-20)29-10-24-25-11-29/h2-11,30H,1H3,(H,26,31). The van der Waals surface area contributed by atoms with Crippen molar-refractivity contribution in [2.75, 3.05) is 5.32 Å². The molecule has 9 nitrogen and oxygen atoms in total. The first-order chi connectivity index (χ1) is 15.5. The minimum atomic E-state index is -0.434. The minimum Gasteiger partial charge on any atom is -0.507 e. The van der Waals surface area contributed by atoms with Gasteiger partial charge in [0.25, 0.3) is 5.91 Å². The molecule has 0 aliphatic rings. The molecule has 2 aromatic carbocycles. The highest BCUT2D eigenvalue weighted by molar-refractivity contribution is 9.10. The Kier molecular flexibility index (Phi) is 4.91. The number of aromatic nitrogens is 5. The summed E-state index contributed by atoms with van der Waals surface area (Å²) in [6.07, 6.45) is 2.98. The number of fused-ring (bicyclic) bond motifs is 1. The first kappa shape index (κ1) is 19.9. The Morgan fingerprint density at radius 3 is 2.69 bits per heavy atom. The summed E-state index contributed by atoms with van der Waals surface area (Å²) in [6.45, 7) is 1.96. The number of oxazole rings is 1. The Hall–Kier alpha value is -4.05. The van der Waals surface area contributed by atoms with E-state index in [2.05, 4.69) is 41.4 Å². The monoisotopic (exact) mass is 490 g/mol. The number of carbonyl (C=O) groups is 1. The lowest BCUT2D eigenvalue weighted by Crippen LogP contribution is -2.15. The Balaban J connectivity index is 1.46. The van der Waals surface area contributed by atoms with E-state index in [4.69, 9.17) is 4.42 Å². The van der Waals surface area contributed by atoms with E-state index in [1.807, 2.05) is 25.1 Å². The number of hydrogen-bond donors (Lipinski definition) is 2. The van der Waals surface area contributed by atoms with E-state index >= 15 is 0 Å². The minimum absolute atomic E-state index is 0.0137. The molecule has 0 fully saturated rings. The molecule has 10 heteroatoms. The highest BCUT2D eigenvalue weighted by Gasteiger charge is 2.17. The number of aromatic hydroxyl groups is 1. The number of aryl methyl sites for hydroxylation is 1. The van der Waals surface area contributed by atoms with Crippen LogP contribution in [0.4, 0.5) is 5.69 Å². The summed E-state index contributed by atoms with van der Waals surface area (Å²) >= 11 is 3.37. The molecular weight excluding hydrogens is 476 g/mol. The van der Waals surface area contributed by atoms with Crippen molar-refractivity contribution >= 4 is 38.6 Å². The van der Waals surface area contributed by atoms with Gasteiger partial charge in [-0.1, -0.05) is 6.07 Å². The molecule has 0 saturated heterocycles. The number of amides is 1. The second kappa shape index (κ2) is 7.89. The molecule has 0 bridgehead atoms. The van der Waals surface area contributed by atoms with Crippen LogP contribution in [0.1, 0.15) is 16.1 Å². The SMILES string of the molecule is Cc1ccc2oc(-c3cc(NC(=O)c4nc(-n5cnnc5)ccc4Br)ccc3O)nc2c1. The zero-order valence-corrected chi connectivity index (χ0v) is 18.2. The highest BCUT2D eigenvalue weighted by Crippen LogP contribution is 2.33. The van der Waals surface area contributed by atoms with E-state index in [-0.39, 0.29) is 17.3 Å². The predicted octanol–water partition coefficient (Wildman–Crippen LogP) is 4.50. The van der Waals surface area contributed by atoms with Crippen LogP contribution >= 0.6 is 15.9 Å². The van der Waals surface area contributed by atoms with Crippen LogP contribution in [0.5, 0.6) is 5.75 Å². The smallest absolute Gasteiger partial charge is 0.275 e. The summed E-state index contributed by atoms with van der Waals surface area (Å²) in [4.78, 5) is 21.8. The molecule has 0 atom stereocenters. The number of phenolic OH excluding ortho intramolecular Hbond substituents is 1. The lowest BCUT2D eigenvalue weighted by atomic mass is 10.1. The van der Waals surface area contributed by atoms with Gasteiger partial charge in [0.1, 0.15) is 35.4 Å². The van der Waals surface area contributed by atoms with E-state index in [1.165, 1.54) is 18.7 Å². The third-order valence-electron chi connectivity index (χ3n) is 4.76. The van der Waals surface area contributed by atoms with Crippen molar-refractivity contribution in [2.45, 2.75) is 6.92 Å². The number of pyridine rings is 1. The second-order valence-corrected chi connectivity index (χ2v) is 7.90. The summed E-state index contributed by atoms with van der Waals surface area (Å²) < 4.78 is 7.91. The third kappa shape index (κ3) is 3.71. The van der Waals surface area contributed by atoms with Gasteiger partial charge in [0, 0.05) is 10.2 Å². The van der Waals surface area contributed by atoms with Crippen molar-refractivity contribution < 1.29 is 14.3 Å². The van der Waals surface area contributed by atoms with Crippen molar-refractivity contribution in [1.29, 1.82) is 0 Å². The topological polar surface area (TPSA) is 119 Å². The van der Waals surface area contributed by atoms with Gasteiger partial charge in [-0.2, -0.15) is 0 Å². The first-order valence-corrected chi connectivity index (χ1v) is 10.3. The van der Waals surface area contributed by atoms with Crippen LogP contribution in [0.25, 0.3) is 28.4 Å². The molecule has 158 valence electrons. The zero-order chi connectivity index (χ0) is 22.2. The molecule has 5 aromatic rings. The van der Waals surface area contributed by atoms with Gasteiger partial charge in [0.15, 0.2) is 5.58 Å². The molecule has 32 heavy (non-hydrogen) atoms. The van der Waals surface area contributed by atoms with Crippen molar-refractivity contribution in [2.24, 2.45) is 0 Å². The van der Waals surface area contributed by atoms with Crippen LogP contribution in [-0.4, -0.2) is 35.7 Å². The third-order valence-corrected chi connectivity index (χ3v) is 5.40. The quantitative estimate of drug-likeness (QED) is 0.356. The fourth-order valence-corrected chi connectivity index (χ4v) is 3.58. The average molecular weight is 491 g/mol. The Bertz CT molecular complexity index is 1460. The molecule has 5 rings (SSSR count). The fourth-order valence-electron chi connectivity index (χ4n) is 3.18. The van der Waals surface area contributed by atoms with E-state index in [9.17, 15) is 9.90 Å². The predicted molar refractivity (Wildman–Crippen MR) is 121 cm³/mol. The van der Waals surface area contributed by atoms with Gasteiger partial charge in [-0.25, -0.2) is 9.97 Å². The molecule has 3 aromatic heterocycles. The van der Waals surface area contributed by atoms with Crippen molar-refractivity contribution in [3.8, 4) is 23.0 Å². The van der Waals surface area contributed by atoms with Gasteiger partial charge in [0.2, 0.25) is 5.89 Å². The Labute approximate surface area is 189 Å². The maximum Gasteiger partial charge on any atom is 0.275 e. The van der Waals surface area contributed by atoms with Crippen LogP contribution < -0.4 is 5.32 Å². The number of carbonyl (C=O) groups excluding carboxylic acids is 1. The normalized spacial score (nSPS) is 11.1. The number of rotatable bonds is 4. The van der Waals surface area contributed by atoms with Crippen molar-refractivity contribution in [3.05, 3.63) is 76.9 Å². The maximum absolute atomic E-state index is 12.9. The number of benzene rings is 2. The molecule has 3 heterocycles. The summed E-state index contributed by atoms with van der Waals surface area (Å²) in [7, 11) is 0. The summed E-state index contributed by atoms with van der Waals surface area (Å²) in [5.41, 5.74) is 3.34. The lowest BCUT2D eigenvalue weighted by molar-refractivity contribution is 0.102. The van der Waals surface area contributed by atoms with E-state index < -0.39 is 5.91 Å². The first-order valence-electron chi connectivity index (χ1n) is 9.51. The Morgan fingerprint density at radius 2 is 1.88 bits per heavy atom. The van der Waals surface area contributed by atoms with Gasteiger partial charge in [-0.15, -0.1) is 10.2 Å². The molecule has 0 saturated carbocycles. The zero-order valence-electron chi connectivity index (χ0n) is 16.7. The van der Waals surface area contributed by atoms with Gasteiger partial charge in [0.05, 0.1) is 5.56 Å². The molecule has 0 unspecified atom stereocenters. The van der Waals surface area contributed by atoms with Crippen LogP contribution in [0.3, 0.4) is 0 Å². The van der Waals surface area contributed by atoms with Gasteiger partial charge in [-0.05, 0) is 70.9 Å². The molecular formula is C22H15BrN6O3. The molecule has 0 spiro atoms. The number of nitrogens with one attached hydrogen (secondary N) is 1. The van der Waals surface area contributed by atoms with Crippen LogP contribution in [0.2, 0.25) is 0 Å². The van der Waals surface area contributed by atoms with Gasteiger partial charge >= 0.3 is 0 Å². The van der Waals surface area contributed by atoms with E-state index in [0.717, 1.165) is 5.56 Å². The molecule has 0 aliphatic heterocycles. The van der Waals surface area contributed by atoms with Crippen LogP contribution in [0.15, 0.2) is 70.1 Å². The van der Waals surface area contributed by atoms with Crippen molar-refractivity contribution in [3.63, 3.8) is 0 Å². The number of nitrogens with zero attached hydrogens (tertiary/aromatic N) is 5. The highest BCUT2D eigenvalue weighted by atomic mass is 79.9. The number of hydrogen-bond acceptors (Lipinski definition) is 7. The van der Waals surface area contributed by atoms with Crippen LogP contribution in [0, 0.1) is 6.92 Å². The molecule has 0 aliphatic carbocycles. The lowest BCUT2D eigenvalue weighted by Gasteiger charge is -2.10. The van der Waals surface area contributed by atoms with E-state index in [0.29, 0.717) is 32.6 Å². The largest absolute Gasteiger partial charge is 0.507 e. The number of halogens is 1. The van der Waals surface area contributed by atoms with Crippen LogP contribution in [-0.2, 0) is 0 Å². The average Bonchev–Trinajstić information content (AvgIpc) is 3.45. The molecule has 0 radical (unpaired) electrons. The fraction of sp³-hybridized carbons (Fsp3) is 0.0455. The molecule has 2 N–H and O–H groups in total. The maximum atomic E-state index is 12.9. The summed E-state index contributed by atoms with van der Waals surface area (Å²) in [5, 5.41) is 20.7.